The molecule has 29 heavy (non-hydrogen) atoms. The molecule has 1 spiro atoms. The molecule has 158 valence electrons. The quantitative estimate of drug-likeness (QED) is 0.631. The monoisotopic (exact) mass is 453 g/mol. The number of nitrogens with one attached hydrogen (secondary N) is 1. The lowest BCUT2D eigenvalue weighted by Crippen LogP contribution is -2.48. The van der Waals surface area contributed by atoms with Gasteiger partial charge in [-0.2, -0.15) is 0 Å². The summed E-state index contributed by atoms with van der Waals surface area (Å²) in [5.41, 5.74) is 0.925. The van der Waals surface area contributed by atoms with E-state index in [9.17, 15) is 9.59 Å². The van der Waals surface area contributed by atoms with Crippen LogP contribution in [0.5, 0.6) is 0 Å². The Morgan fingerprint density at radius 1 is 1.24 bits per heavy atom. The molecule has 1 heterocycles. The van der Waals surface area contributed by atoms with E-state index in [1.54, 1.807) is 6.07 Å². The summed E-state index contributed by atoms with van der Waals surface area (Å²) in [4.78, 5) is 25.0. The van der Waals surface area contributed by atoms with Gasteiger partial charge in [-0.1, -0.05) is 30.2 Å². The minimum absolute atomic E-state index is 0.0594. The zero-order valence-corrected chi connectivity index (χ0v) is 19.1. The number of ether oxygens (including phenoxy) is 1. The van der Waals surface area contributed by atoms with E-state index in [1.807, 2.05) is 25.1 Å². The molecule has 0 radical (unpaired) electrons. The van der Waals surface area contributed by atoms with Crippen LogP contribution in [0, 0.1) is 17.8 Å². The molecular formula is C22H28ClNO3S2. The Balaban J connectivity index is 1.28. The molecule has 3 aliphatic rings. The van der Waals surface area contributed by atoms with Crippen LogP contribution in [0.15, 0.2) is 24.3 Å². The van der Waals surface area contributed by atoms with Crippen LogP contribution >= 0.6 is 35.1 Å². The SMILES string of the molecule is C[C@H](NC(=O)COC(=O)C1C[C@H]2CCC[C@@H](C1)C21SCCS1)c1cccc(Cl)c1. The molecule has 4 rings (SSSR count). The fraction of sp³-hybridized carbons (Fsp3) is 0.636. The highest BCUT2D eigenvalue weighted by molar-refractivity contribution is 8.21. The van der Waals surface area contributed by atoms with Gasteiger partial charge in [-0.3, -0.25) is 9.59 Å². The Kier molecular flexibility index (Phi) is 6.72. The van der Waals surface area contributed by atoms with Gasteiger partial charge in [-0.15, -0.1) is 23.5 Å². The van der Waals surface area contributed by atoms with Gasteiger partial charge < -0.3 is 10.1 Å². The van der Waals surface area contributed by atoms with Crippen LogP contribution in [0.4, 0.5) is 0 Å². The third-order valence-corrected chi connectivity index (χ3v) is 10.8. The van der Waals surface area contributed by atoms with E-state index in [2.05, 4.69) is 28.8 Å². The number of carbonyl (C=O) groups excluding carboxylic acids is 2. The van der Waals surface area contributed by atoms with E-state index < -0.39 is 0 Å². The lowest BCUT2D eigenvalue weighted by molar-refractivity contribution is -0.155. The van der Waals surface area contributed by atoms with Crippen molar-refractivity contribution in [1.29, 1.82) is 0 Å². The van der Waals surface area contributed by atoms with Gasteiger partial charge in [0.15, 0.2) is 6.61 Å². The van der Waals surface area contributed by atoms with Gasteiger partial charge in [0.25, 0.3) is 5.91 Å². The van der Waals surface area contributed by atoms with Crippen molar-refractivity contribution in [3.8, 4) is 0 Å². The van der Waals surface area contributed by atoms with Crippen LogP contribution < -0.4 is 5.32 Å². The Bertz CT molecular complexity index is 752. The Hall–Kier alpha value is -0.850. The number of amides is 1. The topological polar surface area (TPSA) is 55.4 Å². The van der Waals surface area contributed by atoms with E-state index in [-0.39, 0.29) is 30.4 Å². The van der Waals surface area contributed by atoms with E-state index in [0.29, 0.717) is 20.9 Å². The predicted octanol–water partition coefficient (Wildman–Crippen LogP) is 5.06. The highest BCUT2D eigenvalue weighted by Gasteiger charge is 2.55. The van der Waals surface area contributed by atoms with Gasteiger partial charge >= 0.3 is 5.97 Å². The molecule has 1 N–H and O–H groups in total. The first kappa shape index (κ1) is 21.4. The average Bonchev–Trinajstić information content (AvgIpc) is 3.15. The number of esters is 1. The van der Waals surface area contributed by atoms with E-state index in [0.717, 1.165) is 18.4 Å². The van der Waals surface area contributed by atoms with Crippen molar-refractivity contribution in [1.82, 2.24) is 5.32 Å². The minimum atomic E-state index is -0.278. The van der Waals surface area contributed by atoms with E-state index in [4.69, 9.17) is 16.3 Å². The summed E-state index contributed by atoms with van der Waals surface area (Å²) in [6.45, 7) is 1.67. The number of hydrogen-bond acceptors (Lipinski definition) is 5. The highest BCUT2D eigenvalue weighted by Crippen LogP contribution is 2.64. The lowest BCUT2D eigenvalue weighted by Gasteiger charge is -2.51. The molecule has 1 aromatic rings. The van der Waals surface area contributed by atoms with Crippen LogP contribution in [-0.4, -0.2) is 34.1 Å². The summed E-state index contributed by atoms with van der Waals surface area (Å²) in [6.07, 6.45) is 5.55. The number of halogens is 1. The zero-order valence-electron chi connectivity index (χ0n) is 16.7. The summed E-state index contributed by atoms with van der Waals surface area (Å²) >= 11 is 10.3. The maximum atomic E-state index is 12.7. The number of carbonyl (C=O) groups is 2. The first-order valence-corrected chi connectivity index (χ1v) is 12.8. The van der Waals surface area contributed by atoms with Crippen molar-refractivity contribution in [3.63, 3.8) is 0 Å². The standard InChI is InChI=1S/C22H28ClNO3S2/c1-14(15-4-2-7-19(23)12-15)24-20(25)13-27-21(26)16-10-17-5-3-6-18(11-16)22(17)28-8-9-29-22/h2,4,7,12,14,16-18H,3,5-6,8-11,13H2,1H3,(H,24,25)/t14-,16?,17-,18+/m0/s1. The molecule has 2 bridgehead atoms. The molecule has 1 saturated heterocycles. The summed E-state index contributed by atoms with van der Waals surface area (Å²) in [6, 6.07) is 7.21. The van der Waals surface area contributed by atoms with Crippen molar-refractivity contribution < 1.29 is 14.3 Å². The van der Waals surface area contributed by atoms with Gasteiger partial charge in [-0.25, -0.2) is 0 Å². The number of thioether (sulfide) groups is 2. The third kappa shape index (κ3) is 4.59. The maximum Gasteiger partial charge on any atom is 0.309 e. The lowest BCUT2D eigenvalue weighted by atomic mass is 9.67. The molecule has 3 fully saturated rings. The van der Waals surface area contributed by atoms with Gasteiger partial charge in [-0.05, 0) is 62.1 Å². The predicted molar refractivity (Wildman–Crippen MR) is 120 cm³/mol. The summed E-state index contributed by atoms with van der Waals surface area (Å²) in [5.74, 6) is 3.13. The molecule has 4 nitrogen and oxygen atoms in total. The van der Waals surface area contributed by atoms with Gasteiger partial charge in [0.2, 0.25) is 0 Å². The average molecular weight is 454 g/mol. The first-order valence-electron chi connectivity index (χ1n) is 10.5. The molecule has 2 saturated carbocycles. The smallest absolute Gasteiger partial charge is 0.309 e. The van der Waals surface area contributed by atoms with Crippen molar-refractivity contribution in [3.05, 3.63) is 34.9 Å². The van der Waals surface area contributed by atoms with Crippen LogP contribution in [0.3, 0.4) is 0 Å². The summed E-state index contributed by atoms with van der Waals surface area (Å²) < 4.78 is 5.78. The molecule has 4 atom stereocenters. The zero-order chi connectivity index (χ0) is 20.4. The Morgan fingerprint density at radius 3 is 2.59 bits per heavy atom. The van der Waals surface area contributed by atoms with Crippen molar-refractivity contribution in [2.24, 2.45) is 17.8 Å². The fourth-order valence-corrected chi connectivity index (χ4v) is 9.33. The molecule has 1 unspecified atom stereocenters. The maximum absolute atomic E-state index is 12.7. The molecule has 0 aromatic heterocycles. The Morgan fingerprint density at radius 2 is 1.93 bits per heavy atom. The minimum Gasteiger partial charge on any atom is -0.455 e. The van der Waals surface area contributed by atoms with Crippen molar-refractivity contribution in [2.75, 3.05) is 18.1 Å². The van der Waals surface area contributed by atoms with Gasteiger partial charge in [0.1, 0.15) is 0 Å². The van der Waals surface area contributed by atoms with Gasteiger partial charge in [0.05, 0.1) is 16.0 Å². The van der Waals surface area contributed by atoms with E-state index in [1.165, 1.54) is 30.8 Å². The summed E-state index contributed by atoms with van der Waals surface area (Å²) in [7, 11) is 0. The second-order valence-electron chi connectivity index (χ2n) is 8.36. The van der Waals surface area contributed by atoms with Crippen LogP contribution in [0.2, 0.25) is 5.02 Å². The second-order valence-corrected chi connectivity index (χ2v) is 11.8. The third-order valence-electron chi connectivity index (χ3n) is 6.52. The molecule has 1 aliphatic heterocycles. The molecule has 7 heteroatoms. The largest absolute Gasteiger partial charge is 0.455 e. The number of hydrogen-bond donors (Lipinski definition) is 1. The number of benzene rings is 1. The molecule has 1 amide bonds. The fourth-order valence-electron chi connectivity index (χ4n) is 5.20. The molecule has 1 aromatic carbocycles. The summed E-state index contributed by atoms with van der Waals surface area (Å²) in [5, 5.41) is 3.51. The van der Waals surface area contributed by atoms with Crippen LogP contribution in [-0.2, 0) is 14.3 Å². The van der Waals surface area contributed by atoms with E-state index >= 15 is 0 Å². The Labute approximate surface area is 186 Å². The first-order chi connectivity index (χ1) is 14.0. The number of rotatable bonds is 5. The second kappa shape index (κ2) is 9.11. The normalized spacial score (nSPS) is 28.7. The van der Waals surface area contributed by atoms with Crippen molar-refractivity contribution >= 4 is 47.0 Å². The molecular weight excluding hydrogens is 426 g/mol. The van der Waals surface area contributed by atoms with Gasteiger partial charge in [0, 0.05) is 16.5 Å². The van der Waals surface area contributed by atoms with Crippen LogP contribution in [0.1, 0.15) is 50.6 Å². The van der Waals surface area contributed by atoms with Crippen molar-refractivity contribution in [2.45, 2.75) is 49.1 Å². The van der Waals surface area contributed by atoms with Crippen LogP contribution in [0.25, 0.3) is 0 Å². The molecule has 2 aliphatic carbocycles. The highest BCUT2D eigenvalue weighted by atomic mass is 35.5.